The Balaban J connectivity index is 1.06. The van der Waals surface area contributed by atoms with E-state index >= 15 is 0 Å². The summed E-state index contributed by atoms with van der Waals surface area (Å²) in [6.45, 7) is 0. The molecule has 0 atom stereocenters. The first kappa shape index (κ1) is 29.7. The summed E-state index contributed by atoms with van der Waals surface area (Å²) in [7, 11) is 0. The third-order valence-corrected chi connectivity index (χ3v) is 10.4. The van der Waals surface area contributed by atoms with E-state index in [4.69, 9.17) is 0 Å². The Kier molecular flexibility index (Phi) is 6.87. The Labute approximate surface area is 301 Å². The summed E-state index contributed by atoms with van der Waals surface area (Å²) in [5.74, 6) is 0. The number of aromatic nitrogens is 2. The van der Waals surface area contributed by atoms with E-state index < -0.39 is 0 Å². The molecule has 0 fully saturated rings. The van der Waals surface area contributed by atoms with Crippen LogP contribution in [-0.4, -0.2) is 9.13 Å². The molecule has 0 amide bonds. The van der Waals surface area contributed by atoms with Crippen molar-refractivity contribution in [3.8, 4) is 50.8 Å². The topological polar surface area (TPSA) is 33.6 Å². The molecule has 0 N–H and O–H groups in total. The second kappa shape index (κ2) is 12.0. The monoisotopic (exact) mass is 661 g/mol. The van der Waals surface area contributed by atoms with Crippen LogP contribution < -0.4 is 0 Å². The van der Waals surface area contributed by atoms with Crippen LogP contribution in [0.15, 0.2) is 188 Å². The SMILES string of the molecule is N#Cc1ccc(-n2c3ccccc3c3cc(-c4ccc5c(c4)c4ccccc4n5-c4ccc(-c5cccc(-c6ccccc6)c5)cc4)ccc32)cc1. The van der Waals surface area contributed by atoms with Crippen LogP contribution in [-0.2, 0) is 0 Å². The first-order chi connectivity index (χ1) is 25.7. The van der Waals surface area contributed by atoms with Crippen LogP contribution in [0.25, 0.3) is 88.4 Å². The van der Waals surface area contributed by atoms with Gasteiger partial charge in [0.2, 0.25) is 0 Å². The van der Waals surface area contributed by atoms with Crippen molar-refractivity contribution in [2.45, 2.75) is 0 Å². The number of rotatable bonds is 5. The van der Waals surface area contributed by atoms with E-state index in [-0.39, 0.29) is 0 Å². The zero-order chi connectivity index (χ0) is 34.6. The number of nitrogens with zero attached hydrogens (tertiary/aromatic N) is 3. The first-order valence-electron chi connectivity index (χ1n) is 17.6. The number of fused-ring (bicyclic) bond motifs is 6. The third-order valence-electron chi connectivity index (χ3n) is 10.4. The Bertz CT molecular complexity index is 2990. The maximum absolute atomic E-state index is 9.35. The minimum Gasteiger partial charge on any atom is -0.309 e. The minimum atomic E-state index is 0.658. The molecule has 0 aliphatic rings. The van der Waals surface area contributed by atoms with Crippen LogP contribution in [0.4, 0.5) is 0 Å². The van der Waals surface area contributed by atoms with Crippen molar-refractivity contribution >= 4 is 43.6 Å². The molecule has 10 aromatic rings. The maximum Gasteiger partial charge on any atom is 0.0991 e. The molecule has 10 rings (SSSR count). The Hall–Kier alpha value is -7.15. The van der Waals surface area contributed by atoms with Gasteiger partial charge in [-0.3, -0.25) is 0 Å². The highest BCUT2D eigenvalue weighted by atomic mass is 15.0. The zero-order valence-corrected chi connectivity index (χ0v) is 28.2. The van der Waals surface area contributed by atoms with Gasteiger partial charge in [0.25, 0.3) is 0 Å². The molecule has 0 saturated carbocycles. The van der Waals surface area contributed by atoms with Crippen molar-refractivity contribution in [1.82, 2.24) is 9.13 Å². The van der Waals surface area contributed by atoms with E-state index in [2.05, 4.69) is 179 Å². The van der Waals surface area contributed by atoms with Gasteiger partial charge in [-0.15, -0.1) is 0 Å². The van der Waals surface area contributed by atoms with Crippen molar-refractivity contribution < 1.29 is 0 Å². The van der Waals surface area contributed by atoms with Gasteiger partial charge in [0.15, 0.2) is 0 Å². The summed E-state index contributed by atoms with van der Waals surface area (Å²) in [5, 5.41) is 14.2. The highest BCUT2D eigenvalue weighted by Gasteiger charge is 2.16. The summed E-state index contributed by atoms with van der Waals surface area (Å²) < 4.78 is 4.67. The fourth-order valence-corrected chi connectivity index (χ4v) is 7.86. The van der Waals surface area contributed by atoms with E-state index in [0.717, 1.165) is 22.4 Å². The highest BCUT2D eigenvalue weighted by Crippen LogP contribution is 2.38. The average molecular weight is 662 g/mol. The van der Waals surface area contributed by atoms with Crippen LogP contribution in [0, 0.1) is 11.3 Å². The highest BCUT2D eigenvalue weighted by molar-refractivity contribution is 6.12. The smallest absolute Gasteiger partial charge is 0.0991 e. The molecular formula is C49H31N3. The van der Waals surface area contributed by atoms with E-state index in [1.807, 2.05) is 24.3 Å². The van der Waals surface area contributed by atoms with Crippen molar-refractivity contribution in [2.75, 3.05) is 0 Å². The summed E-state index contributed by atoms with van der Waals surface area (Å²) in [5.41, 5.74) is 14.7. The molecule has 8 aromatic carbocycles. The lowest BCUT2D eigenvalue weighted by atomic mass is 9.99. The van der Waals surface area contributed by atoms with Crippen molar-refractivity contribution in [3.63, 3.8) is 0 Å². The second-order valence-electron chi connectivity index (χ2n) is 13.3. The average Bonchev–Trinajstić information content (AvgIpc) is 3.73. The van der Waals surface area contributed by atoms with Gasteiger partial charge in [0.05, 0.1) is 33.7 Å². The fourth-order valence-electron chi connectivity index (χ4n) is 7.86. The molecule has 0 bridgehead atoms. The van der Waals surface area contributed by atoms with E-state index in [0.29, 0.717) is 5.56 Å². The van der Waals surface area contributed by atoms with Gasteiger partial charge >= 0.3 is 0 Å². The van der Waals surface area contributed by atoms with Crippen LogP contribution >= 0.6 is 0 Å². The Morgan fingerprint density at radius 1 is 0.308 bits per heavy atom. The standard InChI is InChI=1S/C49H31N3/c50-32-33-17-23-40(24-18-33)51-46-15-6-4-13-42(46)44-30-38(21-27-48(44)51)39-22-28-49-45(31-39)43-14-5-7-16-47(43)52(49)41-25-19-35(20-26-41)37-12-8-11-36(29-37)34-9-2-1-3-10-34/h1-31H. The van der Waals surface area contributed by atoms with Gasteiger partial charge in [-0.2, -0.15) is 5.26 Å². The van der Waals surface area contributed by atoms with Gasteiger partial charge in [-0.1, -0.05) is 109 Å². The van der Waals surface area contributed by atoms with Crippen molar-refractivity contribution in [1.29, 1.82) is 5.26 Å². The molecule has 2 heterocycles. The van der Waals surface area contributed by atoms with Gasteiger partial charge in [-0.25, -0.2) is 0 Å². The summed E-state index contributed by atoms with van der Waals surface area (Å²) in [6, 6.07) is 69.2. The summed E-state index contributed by atoms with van der Waals surface area (Å²) in [4.78, 5) is 0. The fraction of sp³-hybridized carbons (Fsp3) is 0. The Morgan fingerprint density at radius 2 is 0.712 bits per heavy atom. The first-order valence-corrected chi connectivity index (χ1v) is 17.6. The van der Waals surface area contributed by atoms with Gasteiger partial charge < -0.3 is 9.13 Å². The van der Waals surface area contributed by atoms with Gasteiger partial charge in [-0.05, 0) is 112 Å². The molecule has 0 unspecified atom stereocenters. The predicted octanol–water partition coefficient (Wildman–Crippen LogP) is 12.8. The minimum absolute atomic E-state index is 0.658. The number of nitriles is 1. The van der Waals surface area contributed by atoms with Crippen LogP contribution in [0.3, 0.4) is 0 Å². The lowest BCUT2D eigenvalue weighted by molar-refractivity contribution is 1.18. The van der Waals surface area contributed by atoms with Crippen molar-refractivity contribution in [2.24, 2.45) is 0 Å². The van der Waals surface area contributed by atoms with Crippen molar-refractivity contribution in [3.05, 3.63) is 194 Å². The van der Waals surface area contributed by atoms with E-state index in [1.165, 1.54) is 66.0 Å². The normalized spacial score (nSPS) is 11.4. The lowest BCUT2D eigenvalue weighted by Gasteiger charge is -2.11. The Morgan fingerprint density at radius 3 is 1.25 bits per heavy atom. The number of benzene rings is 8. The number of hydrogen-bond donors (Lipinski definition) is 0. The van der Waals surface area contributed by atoms with Crippen LogP contribution in [0.2, 0.25) is 0 Å². The summed E-state index contributed by atoms with van der Waals surface area (Å²) in [6.07, 6.45) is 0. The van der Waals surface area contributed by atoms with Crippen LogP contribution in [0.1, 0.15) is 5.56 Å². The largest absolute Gasteiger partial charge is 0.309 e. The molecule has 52 heavy (non-hydrogen) atoms. The number of para-hydroxylation sites is 2. The predicted molar refractivity (Wildman–Crippen MR) is 216 cm³/mol. The molecule has 3 nitrogen and oxygen atoms in total. The molecular weight excluding hydrogens is 631 g/mol. The molecule has 0 radical (unpaired) electrons. The summed E-state index contributed by atoms with van der Waals surface area (Å²) >= 11 is 0. The molecule has 0 spiro atoms. The van der Waals surface area contributed by atoms with E-state index in [1.54, 1.807) is 0 Å². The van der Waals surface area contributed by atoms with Gasteiger partial charge in [0.1, 0.15) is 0 Å². The molecule has 242 valence electrons. The third kappa shape index (κ3) is 4.81. The quantitative estimate of drug-likeness (QED) is 0.181. The molecule has 3 heteroatoms. The van der Waals surface area contributed by atoms with Gasteiger partial charge in [0, 0.05) is 32.9 Å². The molecule has 2 aromatic heterocycles. The second-order valence-corrected chi connectivity index (χ2v) is 13.3. The zero-order valence-electron chi connectivity index (χ0n) is 28.2. The van der Waals surface area contributed by atoms with E-state index in [9.17, 15) is 5.26 Å². The molecule has 0 aliphatic heterocycles. The maximum atomic E-state index is 9.35. The van der Waals surface area contributed by atoms with Crippen LogP contribution in [0.5, 0.6) is 0 Å². The molecule has 0 aliphatic carbocycles. The lowest BCUT2D eigenvalue weighted by Crippen LogP contribution is -1.94. The number of hydrogen-bond acceptors (Lipinski definition) is 1. The molecule has 0 saturated heterocycles.